The minimum Gasteiger partial charge on any atom is -0.348 e. The zero-order valence-corrected chi connectivity index (χ0v) is 18.6. The van der Waals surface area contributed by atoms with Gasteiger partial charge in [-0.15, -0.1) is 0 Å². The summed E-state index contributed by atoms with van der Waals surface area (Å²) in [6, 6.07) is 8.40. The summed E-state index contributed by atoms with van der Waals surface area (Å²) >= 11 is 3.17. The molecule has 0 radical (unpaired) electrons. The van der Waals surface area contributed by atoms with Crippen molar-refractivity contribution in [3.63, 3.8) is 0 Å². The third kappa shape index (κ3) is 4.16. The zero-order chi connectivity index (χ0) is 20.3. The fourth-order valence-corrected chi connectivity index (χ4v) is 6.20. The smallest absolute Gasteiger partial charge is 0.233 e. The van der Waals surface area contributed by atoms with Crippen LogP contribution in [0.25, 0.3) is 10.3 Å². The van der Waals surface area contributed by atoms with Gasteiger partial charge >= 0.3 is 0 Å². The van der Waals surface area contributed by atoms with E-state index in [0.717, 1.165) is 46.6 Å². The second kappa shape index (κ2) is 8.89. The molecule has 30 heavy (non-hydrogen) atoms. The van der Waals surface area contributed by atoms with Crippen LogP contribution in [0.1, 0.15) is 36.8 Å². The molecule has 0 saturated carbocycles. The molecule has 0 N–H and O–H groups in total. The number of carbonyl (C=O) groups is 1. The Bertz CT molecular complexity index is 1040. The van der Waals surface area contributed by atoms with Crippen molar-refractivity contribution in [2.45, 2.75) is 43.7 Å². The lowest BCUT2D eigenvalue weighted by molar-refractivity contribution is -0.129. The summed E-state index contributed by atoms with van der Waals surface area (Å²) in [7, 11) is 0. The number of amides is 1. The molecular weight excluding hydrogens is 414 g/mol. The first-order valence-electron chi connectivity index (χ1n) is 10.6. The van der Waals surface area contributed by atoms with Gasteiger partial charge in [-0.05, 0) is 30.4 Å². The van der Waals surface area contributed by atoms with E-state index in [2.05, 4.69) is 33.1 Å². The molecule has 1 saturated heterocycles. The van der Waals surface area contributed by atoms with Crippen LogP contribution in [0.3, 0.4) is 0 Å². The number of nitrogens with zero attached hydrogens (tertiary/aromatic N) is 5. The molecule has 6 nitrogen and oxygen atoms in total. The average Bonchev–Trinajstić information content (AvgIpc) is 3.04. The van der Waals surface area contributed by atoms with Gasteiger partial charge in [0.1, 0.15) is 16.1 Å². The van der Waals surface area contributed by atoms with Crippen molar-refractivity contribution in [3.8, 4) is 0 Å². The molecule has 0 aliphatic carbocycles. The highest BCUT2D eigenvalue weighted by Gasteiger charge is 2.22. The molecule has 1 fully saturated rings. The first-order chi connectivity index (χ1) is 14.8. The number of carbonyl (C=O) groups excluding carboxylic acids is 1. The summed E-state index contributed by atoms with van der Waals surface area (Å²) in [6.07, 6.45) is 7.53. The van der Waals surface area contributed by atoms with Crippen molar-refractivity contribution in [1.82, 2.24) is 19.9 Å². The van der Waals surface area contributed by atoms with Gasteiger partial charge in [0.2, 0.25) is 5.91 Å². The van der Waals surface area contributed by atoms with Crippen molar-refractivity contribution in [2.24, 2.45) is 0 Å². The zero-order valence-electron chi connectivity index (χ0n) is 16.9. The lowest BCUT2D eigenvalue weighted by Crippen LogP contribution is -2.37. The van der Waals surface area contributed by atoms with Crippen LogP contribution in [0.15, 0.2) is 35.6 Å². The number of fused-ring (bicyclic) bond motifs is 2. The predicted molar refractivity (Wildman–Crippen MR) is 122 cm³/mol. The van der Waals surface area contributed by atoms with Crippen molar-refractivity contribution >= 4 is 44.5 Å². The molecule has 0 atom stereocenters. The predicted octanol–water partition coefficient (Wildman–Crippen LogP) is 4.14. The number of aromatic nitrogens is 3. The number of thioether (sulfide) groups is 1. The van der Waals surface area contributed by atoms with E-state index in [-0.39, 0.29) is 5.91 Å². The Morgan fingerprint density at radius 3 is 2.67 bits per heavy atom. The summed E-state index contributed by atoms with van der Waals surface area (Å²) in [6.45, 7) is 3.61. The van der Waals surface area contributed by atoms with Crippen molar-refractivity contribution in [3.05, 3.63) is 41.7 Å². The Kier molecular flexibility index (Phi) is 5.86. The molecule has 1 amide bonds. The van der Waals surface area contributed by atoms with Gasteiger partial charge in [0.25, 0.3) is 0 Å². The third-order valence-electron chi connectivity index (χ3n) is 5.84. The van der Waals surface area contributed by atoms with E-state index in [0.29, 0.717) is 12.3 Å². The topological polar surface area (TPSA) is 62.2 Å². The molecule has 0 spiro atoms. The summed E-state index contributed by atoms with van der Waals surface area (Å²) in [5.41, 5.74) is 3.37. The molecule has 1 aromatic carbocycles. The number of hydrogen-bond donors (Lipinski definition) is 0. The Hall–Kier alpha value is -2.19. The Morgan fingerprint density at radius 2 is 1.83 bits per heavy atom. The molecule has 0 unspecified atom stereocenters. The summed E-state index contributed by atoms with van der Waals surface area (Å²) in [5.74, 6) is 0.559. The quantitative estimate of drug-likeness (QED) is 0.450. The van der Waals surface area contributed by atoms with E-state index in [4.69, 9.17) is 4.98 Å². The Balaban J connectivity index is 1.28. The van der Waals surface area contributed by atoms with Crippen LogP contribution in [0.5, 0.6) is 0 Å². The number of thiazole rings is 1. The van der Waals surface area contributed by atoms with Gasteiger partial charge in [-0.2, -0.15) is 4.98 Å². The SMILES string of the molecule is O=C(CSc1ncnc2nc(N3CCCCCC3)sc12)N1CCc2ccccc2C1. The van der Waals surface area contributed by atoms with E-state index < -0.39 is 0 Å². The molecule has 156 valence electrons. The lowest BCUT2D eigenvalue weighted by Gasteiger charge is -2.28. The van der Waals surface area contributed by atoms with E-state index >= 15 is 0 Å². The van der Waals surface area contributed by atoms with E-state index in [1.165, 1.54) is 48.6 Å². The highest BCUT2D eigenvalue weighted by atomic mass is 32.2. The summed E-state index contributed by atoms with van der Waals surface area (Å²) in [4.78, 5) is 30.8. The standard InChI is InChI=1S/C22H25N5OS2/c28-18(27-12-9-16-7-3-4-8-17(16)13-27)14-29-21-19-20(23-15-24-21)25-22(30-19)26-10-5-1-2-6-11-26/h3-4,7-8,15H,1-2,5-6,9-14H2. The largest absolute Gasteiger partial charge is 0.348 e. The molecular formula is C22H25N5OS2. The number of rotatable bonds is 4. The number of benzene rings is 1. The number of anilines is 1. The van der Waals surface area contributed by atoms with Gasteiger partial charge < -0.3 is 9.80 Å². The van der Waals surface area contributed by atoms with Gasteiger partial charge in [-0.1, -0.05) is 60.2 Å². The molecule has 2 aliphatic rings. The van der Waals surface area contributed by atoms with Crippen LogP contribution in [0.2, 0.25) is 0 Å². The van der Waals surface area contributed by atoms with Gasteiger partial charge in [0.15, 0.2) is 10.8 Å². The molecule has 3 aromatic rings. The maximum Gasteiger partial charge on any atom is 0.233 e. The van der Waals surface area contributed by atoms with Crippen LogP contribution in [-0.2, 0) is 17.8 Å². The maximum atomic E-state index is 12.8. The minimum atomic E-state index is 0.165. The van der Waals surface area contributed by atoms with Crippen LogP contribution < -0.4 is 4.90 Å². The fraction of sp³-hybridized carbons (Fsp3) is 0.455. The third-order valence-corrected chi connectivity index (χ3v) is 8.06. The van der Waals surface area contributed by atoms with E-state index in [1.807, 2.05) is 11.0 Å². The molecule has 5 rings (SSSR count). The highest BCUT2D eigenvalue weighted by Crippen LogP contribution is 2.34. The Labute approximate surface area is 184 Å². The van der Waals surface area contributed by atoms with E-state index in [9.17, 15) is 4.79 Å². The molecule has 4 heterocycles. The summed E-state index contributed by atoms with van der Waals surface area (Å²) < 4.78 is 0.999. The first kappa shape index (κ1) is 19.8. The molecule has 0 bridgehead atoms. The summed E-state index contributed by atoms with van der Waals surface area (Å²) in [5, 5.41) is 1.90. The molecule has 2 aromatic heterocycles. The van der Waals surface area contributed by atoms with Gasteiger partial charge in [-0.3, -0.25) is 4.79 Å². The average molecular weight is 440 g/mol. The fourth-order valence-electron chi connectivity index (χ4n) is 4.15. The number of hydrogen-bond acceptors (Lipinski definition) is 7. The highest BCUT2D eigenvalue weighted by molar-refractivity contribution is 8.00. The molecule has 8 heteroatoms. The first-order valence-corrected chi connectivity index (χ1v) is 12.4. The second-order valence-electron chi connectivity index (χ2n) is 7.85. The van der Waals surface area contributed by atoms with Gasteiger partial charge in [-0.25, -0.2) is 9.97 Å². The lowest BCUT2D eigenvalue weighted by atomic mass is 10.00. The Morgan fingerprint density at radius 1 is 1.03 bits per heavy atom. The van der Waals surface area contributed by atoms with Crippen LogP contribution in [0.4, 0.5) is 5.13 Å². The minimum absolute atomic E-state index is 0.165. The van der Waals surface area contributed by atoms with Crippen molar-refractivity contribution < 1.29 is 4.79 Å². The van der Waals surface area contributed by atoms with Crippen molar-refractivity contribution in [2.75, 3.05) is 30.3 Å². The normalized spacial score (nSPS) is 17.1. The monoisotopic (exact) mass is 439 g/mol. The second-order valence-corrected chi connectivity index (χ2v) is 9.79. The maximum absolute atomic E-state index is 12.8. The van der Waals surface area contributed by atoms with Gasteiger partial charge in [0, 0.05) is 26.2 Å². The van der Waals surface area contributed by atoms with Crippen molar-refractivity contribution in [1.29, 1.82) is 0 Å². The van der Waals surface area contributed by atoms with Gasteiger partial charge in [0.05, 0.1) is 5.75 Å². The van der Waals surface area contributed by atoms with Crippen LogP contribution in [-0.4, -0.2) is 51.1 Å². The van der Waals surface area contributed by atoms with E-state index in [1.54, 1.807) is 17.7 Å². The van der Waals surface area contributed by atoms with Crippen LogP contribution >= 0.6 is 23.1 Å². The van der Waals surface area contributed by atoms with Crippen LogP contribution in [0, 0.1) is 0 Å². The molecule has 2 aliphatic heterocycles.